The van der Waals surface area contributed by atoms with Gasteiger partial charge in [0.25, 0.3) is 0 Å². The number of rotatable bonds is 8. The van der Waals surface area contributed by atoms with Crippen LogP contribution in [0.15, 0.2) is 34.1 Å². The summed E-state index contributed by atoms with van der Waals surface area (Å²) in [6, 6.07) is 7.00. The highest BCUT2D eigenvalue weighted by Gasteiger charge is 2.30. The first-order valence-electron chi connectivity index (χ1n) is 8.80. The van der Waals surface area contributed by atoms with Crippen LogP contribution in [-0.2, 0) is 14.6 Å². The number of hydrogen-bond donors (Lipinski definition) is 1. The first-order valence-corrected chi connectivity index (χ1v) is 11.3. The number of nitrogens with zero attached hydrogens (tertiary/aromatic N) is 1. The van der Waals surface area contributed by atoms with Crippen LogP contribution in [0.1, 0.15) is 26.7 Å². The van der Waals surface area contributed by atoms with Gasteiger partial charge in [-0.1, -0.05) is 19.1 Å². The largest absolute Gasteiger partial charge is 0.341 e. The molecule has 1 aliphatic rings. The van der Waals surface area contributed by atoms with E-state index in [1.54, 1.807) is 18.2 Å². The van der Waals surface area contributed by atoms with Gasteiger partial charge in [-0.15, -0.1) is 11.8 Å². The van der Waals surface area contributed by atoms with Gasteiger partial charge in [0.05, 0.1) is 15.9 Å². The van der Waals surface area contributed by atoms with Gasteiger partial charge in [0.15, 0.2) is 9.84 Å². The molecular weight excluding hydrogens is 356 g/mol. The lowest BCUT2D eigenvalue weighted by Crippen LogP contribution is -2.35. The van der Waals surface area contributed by atoms with Crippen molar-refractivity contribution in [3.05, 3.63) is 24.3 Å². The van der Waals surface area contributed by atoms with Crippen LogP contribution in [0.3, 0.4) is 0 Å². The number of carbonyl (C=O) groups excluding carboxylic acids is 1. The Morgan fingerprint density at radius 2 is 2.12 bits per heavy atom. The number of hydrogen-bond acceptors (Lipinski definition) is 5. The van der Waals surface area contributed by atoms with Gasteiger partial charge in [0.1, 0.15) is 0 Å². The zero-order valence-electron chi connectivity index (χ0n) is 15.2. The van der Waals surface area contributed by atoms with Crippen molar-refractivity contribution in [2.75, 3.05) is 32.4 Å². The average molecular weight is 385 g/mol. The number of sulfone groups is 1. The van der Waals surface area contributed by atoms with Crippen LogP contribution in [0.4, 0.5) is 0 Å². The predicted molar refractivity (Wildman–Crippen MR) is 103 cm³/mol. The van der Waals surface area contributed by atoms with Crippen molar-refractivity contribution in [1.29, 1.82) is 0 Å². The van der Waals surface area contributed by atoms with Crippen LogP contribution < -0.4 is 5.32 Å². The van der Waals surface area contributed by atoms with E-state index >= 15 is 0 Å². The maximum Gasteiger partial charge on any atom is 0.235 e. The van der Waals surface area contributed by atoms with Crippen molar-refractivity contribution in [2.24, 2.45) is 5.92 Å². The van der Waals surface area contributed by atoms with Crippen molar-refractivity contribution in [2.45, 2.75) is 41.7 Å². The lowest BCUT2D eigenvalue weighted by molar-refractivity contribution is -0.129. The predicted octanol–water partition coefficient (Wildman–Crippen LogP) is 2.42. The van der Waals surface area contributed by atoms with Crippen LogP contribution in [0, 0.1) is 5.92 Å². The third-order valence-electron chi connectivity index (χ3n) is 4.40. The normalized spacial score (nSPS) is 19.2. The summed E-state index contributed by atoms with van der Waals surface area (Å²) in [6.07, 6.45) is 1.60. The molecule has 25 heavy (non-hydrogen) atoms. The van der Waals surface area contributed by atoms with Crippen LogP contribution in [0.2, 0.25) is 0 Å². The van der Waals surface area contributed by atoms with E-state index in [0.717, 1.165) is 26.1 Å². The van der Waals surface area contributed by atoms with Crippen LogP contribution in [0.25, 0.3) is 0 Å². The van der Waals surface area contributed by atoms with E-state index in [-0.39, 0.29) is 16.9 Å². The molecule has 2 unspecified atom stereocenters. The smallest absolute Gasteiger partial charge is 0.235 e. The highest BCUT2D eigenvalue weighted by Crippen LogP contribution is 2.32. The van der Waals surface area contributed by atoms with E-state index in [9.17, 15) is 13.2 Å². The van der Waals surface area contributed by atoms with Crippen LogP contribution >= 0.6 is 11.8 Å². The molecule has 2 atom stereocenters. The summed E-state index contributed by atoms with van der Waals surface area (Å²) in [7, 11) is -1.37. The molecule has 0 aliphatic carbocycles. The molecule has 0 saturated carbocycles. The summed E-state index contributed by atoms with van der Waals surface area (Å²) in [5.41, 5.74) is 0. The van der Waals surface area contributed by atoms with Gasteiger partial charge < -0.3 is 10.2 Å². The van der Waals surface area contributed by atoms with Gasteiger partial charge in [0.2, 0.25) is 5.91 Å². The second-order valence-electron chi connectivity index (χ2n) is 6.52. The molecule has 1 amide bonds. The number of benzene rings is 1. The van der Waals surface area contributed by atoms with Gasteiger partial charge in [-0.25, -0.2) is 8.42 Å². The number of carbonyl (C=O) groups is 1. The molecule has 5 nitrogen and oxygen atoms in total. The molecule has 1 aromatic rings. The topological polar surface area (TPSA) is 66.5 Å². The van der Waals surface area contributed by atoms with Gasteiger partial charge in [-0.05, 0) is 51.4 Å². The quantitative estimate of drug-likeness (QED) is 0.697. The number of thioether (sulfide) groups is 1. The highest BCUT2D eigenvalue weighted by atomic mass is 32.2. The minimum Gasteiger partial charge on any atom is -0.341 e. The Hall–Kier alpha value is -1.05. The maximum atomic E-state index is 12.7. The van der Waals surface area contributed by atoms with Crippen LogP contribution in [0.5, 0.6) is 0 Å². The first-order chi connectivity index (χ1) is 11.9. The van der Waals surface area contributed by atoms with Gasteiger partial charge in [0, 0.05) is 18.0 Å². The minimum atomic E-state index is -3.30. The second kappa shape index (κ2) is 9.05. The summed E-state index contributed by atoms with van der Waals surface area (Å²) >= 11 is 1.35. The summed E-state index contributed by atoms with van der Waals surface area (Å²) in [5, 5.41) is 2.86. The Labute approximate surface area is 155 Å². The molecule has 0 spiro atoms. The molecule has 1 aromatic carbocycles. The Bertz CT molecular complexity index is 691. The van der Waals surface area contributed by atoms with E-state index in [2.05, 4.69) is 5.32 Å². The molecule has 0 aromatic heterocycles. The van der Waals surface area contributed by atoms with Crippen molar-refractivity contribution in [3.8, 4) is 0 Å². The molecular formula is C18H28N2O3S2. The zero-order chi connectivity index (χ0) is 18.4. The highest BCUT2D eigenvalue weighted by molar-refractivity contribution is 8.01. The number of likely N-dealkylation sites (tertiary alicyclic amines) is 1. The molecule has 0 radical (unpaired) electrons. The second-order valence-corrected chi connectivity index (χ2v) is 9.98. The van der Waals surface area contributed by atoms with Gasteiger partial charge in [-0.2, -0.15) is 0 Å². The molecule has 1 aliphatic heterocycles. The first kappa shape index (κ1) is 20.3. The van der Waals surface area contributed by atoms with E-state index in [4.69, 9.17) is 0 Å². The third-order valence-corrected chi connectivity index (χ3v) is 7.67. The molecule has 1 fully saturated rings. The SMILES string of the molecule is CCCS(=O)(=O)c1ccccc1SC(C)C(=O)N1CCC(CNC)C1. The van der Waals surface area contributed by atoms with E-state index in [1.807, 2.05) is 31.9 Å². The Kier molecular flexibility index (Phi) is 7.34. The summed E-state index contributed by atoms with van der Waals surface area (Å²) < 4.78 is 24.9. The fourth-order valence-corrected chi connectivity index (χ4v) is 6.08. The lowest BCUT2D eigenvalue weighted by Gasteiger charge is -2.21. The molecule has 1 heterocycles. The van der Waals surface area contributed by atoms with E-state index in [1.165, 1.54) is 11.8 Å². The fourth-order valence-electron chi connectivity index (χ4n) is 3.17. The van der Waals surface area contributed by atoms with E-state index < -0.39 is 9.84 Å². The Balaban J connectivity index is 2.08. The monoisotopic (exact) mass is 384 g/mol. The molecule has 140 valence electrons. The number of nitrogens with one attached hydrogen (secondary N) is 1. The molecule has 1 N–H and O–H groups in total. The fraction of sp³-hybridized carbons (Fsp3) is 0.611. The van der Waals surface area contributed by atoms with Crippen molar-refractivity contribution >= 4 is 27.5 Å². The summed E-state index contributed by atoms with van der Waals surface area (Å²) in [6.45, 7) is 6.20. The van der Waals surface area contributed by atoms with Gasteiger partial charge >= 0.3 is 0 Å². The Morgan fingerprint density at radius 1 is 1.40 bits per heavy atom. The van der Waals surface area contributed by atoms with Gasteiger partial charge in [-0.3, -0.25) is 4.79 Å². The van der Waals surface area contributed by atoms with Crippen molar-refractivity contribution < 1.29 is 13.2 Å². The van der Waals surface area contributed by atoms with Crippen molar-refractivity contribution in [3.63, 3.8) is 0 Å². The summed E-state index contributed by atoms with van der Waals surface area (Å²) in [5.74, 6) is 0.722. The lowest BCUT2D eigenvalue weighted by atomic mass is 10.1. The minimum absolute atomic E-state index is 0.0892. The van der Waals surface area contributed by atoms with Crippen molar-refractivity contribution in [1.82, 2.24) is 10.2 Å². The maximum absolute atomic E-state index is 12.7. The molecule has 2 rings (SSSR count). The average Bonchev–Trinajstić information content (AvgIpc) is 3.03. The summed E-state index contributed by atoms with van der Waals surface area (Å²) in [4.78, 5) is 15.6. The Morgan fingerprint density at radius 3 is 2.80 bits per heavy atom. The molecule has 7 heteroatoms. The standard InChI is InChI=1S/C18H28N2O3S2/c1-4-11-25(22,23)17-8-6-5-7-16(17)24-14(2)18(21)20-10-9-15(13-20)12-19-3/h5-8,14-15,19H,4,9-13H2,1-3H3. The molecule has 1 saturated heterocycles. The number of amides is 1. The molecule has 0 bridgehead atoms. The zero-order valence-corrected chi connectivity index (χ0v) is 16.8. The van der Waals surface area contributed by atoms with E-state index in [0.29, 0.717) is 22.1 Å². The third kappa shape index (κ3) is 5.21. The van der Waals surface area contributed by atoms with Crippen LogP contribution in [-0.4, -0.2) is 56.9 Å².